The van der Waals surface area contributed by atoms with E-state index in [4.69, 9.17) is 9.47 Å². The molecule has 2 unspecified atom stereocenters. The van der Waals surface area contributed by atoms with E-state index in [0.29, 0.717) is 12.8 Å². The van der Waals surface area contributed by atoms with E-state index in [1.165, 1.54) is 5.56 Å². The molecule has 0 N–H and O–H groups in total. The van der Waals surface area contributed by atoms with Crippen molar-refractivity contribution in [3.05, 3.63) is 48.6 Å². The molecule has 0 aromatic heterocycles. The summed E-state index contributed by atoms with van der Waals surface area (Å²) in [7, 11) is 0. The molecule has 27 heavy (non-hydrogen) atoms. The van der Waals surface area contributed by atoms with Gasteiger partial charge < -0.3 is 9.47 Å². The zero-order valence-corrected chi connectivity index (χ0v) is 16.8. The first-order valence-corrected chi connectivity index (χ1v) is 9.59. The third-order valence-electron chi connectivity index (χ3n) is 4.68. The number of ether oxygens (including phenoxy) is 2. The first-order chi connectivity index (χ1) is 12.8. The number of likely N-dealkylation sites (tertiary alicyclic amines) is 1. The largest absolute Gasteiger partial charge is 0.464 e. The SMILES string of the molecule is C=CCC1C(Cc2ccccc2)C[C@@H](C(=O)OCC)N1C(=O)OC(C)(C)C. The Morgan fingerprint density at radius 2 is 1.93 bits per heavy atom. The standard InChI is InChI=1S/C22H31NO4/c1-6-11-18-17(14-16-12-9-8-10-13-16)15-19(20(24)26-7-2)23(18)21(25)27-22(3,4)5/h6,8-10,12-13,17-19H,1,7,11,14-15H2,2-5H3/t17?,18?,19-/m0/s1. The van der Waals surface area contributed by atoms with E-state index in [1.807, 2.05) is 39.0 Å². The van der Waals surface area contributed by atoms with E-state index in [0.717, 1.165) is 6.42 Å². The van der Waals surface area contributed by atoms with Gasteiger partial charge in [0, 0.05) is 6.04 Å². The summed E-state index contributed by atoms with van der Waals surface area (Å²) < 4.78 is 10.8. The molecular formula is C22H31NO4. The summed E-state index contributed by atoms with van der Waals surface area (Å²) in [6, 6.07) is 9.35. The molecule has 1 saturated heterocycles. The molecule has 1 amide bonds. The van der Waals surface area contributed by atoms with Gasteiger partial charge >= 0.3 is 12.1 Å². The van der Waals surface area contributed by atoms with Crippen LogP contribution in [0.3, 0.4) is 0 Å². The molecule has 0 radical (unpaired) electrons. The van der Waals surface area contributed by atoms with Crippen LogP contribution in [0.2, 0.25) is 0 Å². The van der Waals surface area contributed by atoms with Crippen molar-refractivity contribution in [2.75, 3.05) is 6.61 Å². The van der Waals surface area contributed by atoms with Crippen molar-refractivity contribution >= 4 is 12.1 Å². The summed E-state index contributed by atoms with van der Waals surface area (Å²) in [5.41, 5.74) is 0.553. The molecule has 0 aliphatic carbocycles. The Kier molecular flexibility index (Phi) is 7.05. The molecule has 1 aliphatic rings. The lowest BCUT2D eigenvalue weighted by Gasteiger charge is -2.32. The Morgan fingerprint density at radius 3 is 2.48 bits per heavy atom. The van der Waals surface area contributed by atoms with Crippen molar-refractivity contribution < 1.29 is 19.1 Å². The van der Waals surface area contributed by atoms with Crippen molar-refractivity contribution in [3.8, 4) is 0 Å². The number of nitrogens with zero attached hydrogens (tertiary/aromatic N) is 1. The normalized spacial score (nSPS) is 22.4. The molecule has 1 fully saturated rings. The van der Waals surface area contributed by atoms with E-state index >= 15 is 0 Å². The highest BCUT2D eigenvalue weighted by atomic mass is 16.6. The Labute approximate surface area is 162 Å². The molecule has 1 heterocycles. The van der Waals surface area contributed by atoms with Crippen LogP contribution in [0, 0.1) is 5.92 Å². The minimum atomic E-state index is -0.632. The van der Waals surface area contributed by atoms with Crippen LogP contribution in [-0.2, 0) is 20.7 Å². The van der Waals surface area contributed by atoms with Crippen molar-refractivity contribution in [1.82, 2.24) is 4.90 Å². The average molecular weight is 373 g/mol. The molecule has 1 aromatic carbocycles. The number of benzene rings is 1. The quantitative estimate of drug-likeness (QED) is 0.549. The topological polar surface area (TPSA) is 55.8 Å². The molecule has 1 aromatic rings. The number of hydrogen-bond donors (Lipinski definition) is 0. The van der Waals surface area contributed by atoms with Gasteiger partial charge in [-0.2, -0.15) is 0 Å². The fraction of sp³-hybridized carbons (Fsp3) is 0.545. The van der Waals surface area contributed by atoms with Gasteiger partial charge in [0.25, 0.3) is 0 Å². The number of esters is 1. The van der Waals surface area contributed by atoms with Gasteiger partial charge in [0.05, 0.1) is 6.61 Å². The predicted molar refractivity (Wildman–Crippen MR) is 105 cm³/mol. The van der Waals surface area contributed by atoms with Crippen LogP contribution in [-0.4, -0.2) is 41.3 Å². The lowest BCUT2D eigenvalue weighted by molar-refractivity contribution is -0.148. The van der Waals surface area contributed by atoms with Crippen molar-refractivity contribution in [3.63, 3.8) is 0 Å². The fourth-order valence-electron chi connectivity index (χ4n) is 3.65. The number of carbonyl (C=O) groups excluding carboxylic acids is 2. The minimum absolute atomic E-state index is 0.132. The van der Waals surface area contributed by atoms with Gasteiger partial charge in [-0.15, -0.1) is 6.58 Å². The maximum Gasteiger partial charge on any atom is 0.411 e. The van der Waals surface area contributed by atoms with Crippen molar-refractivity contribution in [1.29, 1.82) is 0 Å². The zero-order chi connectivity index (χ0) is 20.0. The zero-order valence-electron chi connectivity index (χ0n) is 16.8. The second-order valence-corrected chi connectivity index (χ2v) is 7.93. The second-order valence-electron chi connectivity index (χ2n) is 7.93. The molecule has 148 valence electrons. The number of hydrogen-bond acceptors (Lipinski definition) is 4. The molecule has 2 rings (SSSR count). The highest BCUT2D eigenvalue weighted by molar-refractivity contribution is 5.82. The lowest BCUT2D eigenvalue weighted by atomic mass is 9.90. The van der Waals surface area contributed by atoms with Crippen LogP contribution < -0.4 is 0 Å². The van der Waals surface area contributed by atoms with Crippen LogP contribution in [0.4, 0.5) is 4.79 Å². The number of rotatable bonds is 6. The smallest absolute Gasteiger partial charge is 0.411 e. The molecular weight excluding hydrogens is 342 g/mol. The van der Waals surface area contributed by atoms with Crippen LogP contribution >= 0.6 is 0 Å². The van der Waals surface area contributed by atoms with Gasteiger partial charge in [0.1, 0.15) is 11.6 Å². The Balaban J connectivity index is 2.31. The molecule has 0 saturated carbocycles. The maximum atomic E-state index is 12.9. The highest BCUT2D eigenvalue weighted by Crippen LogP contribution is 2.36. The Hall–Kier alpha value is -2.30. The molecule has 1 aliphatic heterocycles. The number of carbonyl (C=O) groups is 2. The first-order valence-electron chi connectivity index (χ1n) is 9.59. The summed E-state index contributed by atoms with van der Waals surface area (Å²) in [4.78, 5) is 27.1. The second kappa shape index (κ2) is 9.07. The van der Waals surface area contributed by atoms with Gasteiger partial charge in [-0.3, -0.25) is 4.90 Å². The average Bonchev–Trinajstić information content (AvgIpc) is 2.93. The molecule has 0 bridgehead atoms. The monoisotopic (exact) mass is 373 g/mol. The first kappa shape index (κ1) is 21.0. The van der Waals surface area contributed by atoms with E-state index < -0.39 is 17.7 Å². The van der Waals surface area contributed by atoms with Gasteiger partial charge in [0.2, 0.25) is 0 Å². The van der Waals surface area contributed by atoms with Crippen molar-refractivity contribution in [2.45, 2.75) is 64.6 Å². The number of amides is 1. The van der Waals surface area contributed by atoms with E-state index in [1.54, 1.807) is 17.9 Å². The third kappa shape index (κ3) is 5.59. The summed E-state index contributed by atoms with van der Waals surface area (Å²) in [5, 5.41) is 0. The minimum Gasteiger partial charge on any atom is -0.464 e. The van der Waals surface area contributed by atoms with Gasteiger partial charge in [-0.1, -0.05) is 36.4 Å². The van der Waals surface area contributed by atoms with Gasteiger partial charge in [-0.25, -0.2) is 9.59 Å². The highest BCUT2D eigenvalue weighted by Gasteiger charge is 2.48. The van der Waals surface area contributed by atoms with Gasteiger partial charge in [0.15, 0.2) is 0 Å². The van der Waals surface area contributed by atoms with E-state index in [2.05, 4.69) is 18.7 Å². The van der Waals surface area contributed by atoms with Gasteiger partial charge in [-0.05, 0) is 58.4 Å². The molecule has 5 nitrogen and oxygen atoms in total. The summed E-state index contributed by atoms with van der Waals surface area (Å²) in [6.07, 6.45) is 3.28. The predicted octanol–water partition coefficient (Wildman–Crippen LogP) is 4.36. The third-order valence-corrected chi connectivity index (χ3v) is 4.68. The van der Waals surface area contributed by atoms with Crippen molar-refractivity contribution in [2.24, 2.45) is 5.92 Å². The fourth-order valence-corrected chi connectivity index (χ4v) is 3.65. The van der Waals surface area contributed by atoms with E-state index in [-0.39, 0.29) is 24.5 Å². The van der Waals surface area contributed by atoms with E-state index in [9.17, 15) is 9.59 Å². The van der Waals surface area contributed by atoms with Crippen LogP contribution in [0.25, 0.3) is 0 Å². The lowest BCUT2D eigenvalue weighted by Crippen LogP contribution is -2.48. The summed E-state index contributed by atoms with van der Waals surface area (Å²) >= 11 is 0. The molecule has 5 heteroatoms. The summed E-state index contributed by atoms with van der Waals surface area (Å²) in [6.45, 7) is 11.4. The summed E-state index contributed by atoms with van der Waals surface area (Å²) in [5.74, 6) is -0.236. The molecule has 0 spiro atoms. The van der Waals surface area contributed by atoms with Crippen LogP contribution in [0.15, 0.2) is 43.0 Å². The molecule has 3 atom stereocenters. The van der Waals surface area contributed by atoms with Crippen LogP contribution in [0.1, 0.15) is 46.1 Å². The Bertz CT molecular complexity index is 650. The Morgan fingerprint density at radius 1 is 1.26 bits per heavy atom. The maximum absolute atomic E-state index is 12.9. The van der Waals surface area contributed by atoms with Crippen LogP contribution in [0.5, 0.6) is 0 Å².